The third kappa shape index (κ3) is 2.97. The van der Waals surface area contributed by atoms with Crippen LogP contribution in [0.4, 0.5) is 5.69 Å². The van der Waals surface area contributed by atoms with Crippen molar-refractivity contribution in [3.63, 3.8) is 0 Å². The summed E-state index contributed by atoms with van der Waals surface area (Å²) >= 11 is 0. The number of carboxylic acid groups (broad SMARTS) is 1. The second kappa shape index (κ2) is 5.60. The van der Waals surface area contributed by atoms with Crippen LogP contribution in [0.2, 0.25) is 0 Å². The molecular weight excluding hydrogens is 260 g/mol. The Morgan fingerprint density at radius 1 is 1.40 bits per heavy atom. The van der Waals surface area contributed by atoms with Crippen molar-refractivity contribution in [1.29, 1.82) is 0 Å². The highest BCUT2D eigenvalue weighted by atomic mass is 16.5. The minimum atomic E-state index is -1.14. The van der Waals surface area contributed by atoms with E-state index in [0.29, 0.717) is 18.7 Å². The summed E-state index contributed by atoms with van der Waals surface area (Å²) in [6, 6.07) is 7.09. The van der Waals surface area contributed by atoms with Crippen LogP contribution in [0.1, 0.15) is 12.0 Å². The van der Waals surface area contributed by atoms with Gasteiger partial charge in [-0.1, -0.05) is 17.7 Å². The molecule has 1 atom stereocenters. The minimum absolute atomic E-state index is 0.119. The van der Waals surface area contributed by atoms with Gasteiger partial charge in [0.1, 0.15) is 12.1 Å². The first kappa shape index (κ1) is 14.5. The van der Waals surface area contributed by atoms with Crippen LogP contribution in [0.15, 0.2) is 24.3 Å². The number of nitrogens with zero attached hydrogens (tertiary/aromatic N) is 1. The van der Waals surface area contributed by atoms with Crippen molar-refractivity contribution >= 4 is 17.6 Å². The molecule has 0 spiro atoms. The predicted octanol–water partition coefficient (Wildman–Crippen LogP) is 0.530. The number of benzene rings is 1. The number of amides is 1. The van der Waals surface area contributed by atoms with Gasteiger partial charge in [-0.25, -0.2) is 0 Å². The van der Waals surface area contributed by atoms with Crippen LogP contribution >= 0.6 is 0 Å². The molecule has 20 heavy (non-hydrogen) atoms. The fraction of sp³-hybridized carbons (Fsp3) is 0.429. The summed E-state index contributed by atoms with van der Waals surface area (Å²) < 4.78 is 5.17. The molecule has 1 aliphatic rings. The Kier molecular flexibility index (Phi) is 4.06. The summed E-state index contributed by atoms with van der Waals surface area (Å²) in [5, 5.41) is 9.01. The molecule has 1 fully saturated rings. The second-order valence-electron chi connectivity index (χ2n) is 5.08. The fourth-order valence-electron chi connectivity index (χ4n) is 2.16. The van der Waals surface area contributed by atoms with E-state index in [0.717, 1.165) is 5.56 Å². The third-order valence-corrected chi connectivity index (χ3v) is 3.36. The van der Waals surface area contributed by atoms with Crippen LogP contribution in [-0.4, -0.2) is 42.3 Å². The molecule has 6 heteroatoms. The lowest BCUT2D eigenvalue weighted by Gasteiger charge is -2.29. The van der Waals surface area contributed by atoms with Gasteiger partial charge in [0.2, 0.25) is 5.91 Å². The molecule has 0 radical (unpaired) electrons. The van der Waals surface area contributed by atoms with E-state index in [4.69, 9.17) is 15.6 Å². The molecule has 1 aromatic carbocycles. The number of hydrogen-bond acceptors (Lipinski definition) is 4. The molecule has 0 bridgehead atoms. The largest absolute Gasteiger partial charge is 0.480 e. The van der Waals surface area contributed by atoms with Gasteiger partial charge in [-0.15, -0.1) is 0 Å². The maximum absolute atomic E-state index is 12.5. The highest BCUT2D eigenvalue weighted by molar-refractivity contribution is 6.03. The maximum Gasteiger partial charge on any atom is 0.323 e. The number of hydrogen-bond donors (Lipinski definition) is 2. The van der Waals surface area contributed by atoms with Crippen LogP contribution < -0.4 is 10.6 Å². The summed E-state index contributed by atoms with van der Waals surface area (Å²) in [6.07, 6.45) is 0.397. The summed E-state index contributed by atoms with van der Waals surface area (Å²) in [5.74, 6) is -1.50. The second-order valence-corrected chi connectivity index (χ2v) is 5.08. The highest BCUT2D eigenvalue weighted by Gasteiger charge is 2.42. The Morgan fingerprint density at radius 2 is 2.05 bits per heavy atom. The van der Waals surface area contributed by atoms with Gasteiger partial charge < -0.3 is 15.6 Å². The Morgan fingerprint density at radius 3 is 2.55 bits per heavy atom. The number of carbonyl (C=O) groups excluding carboxylic acids is 1. The molecule has 1 aromatic rings. The molecule has 1 amide bonds. The Balaban J connectivity index is 2.29. The first-order valence-electron chi connectivity index (χ1n) is 6.39. The molecule has 1 heterocycles. The third-order valence-electron chi connectivity index (χ3n) is 3.36. The van der Waals surface area contributed by atoms with Crippen molar-refractivity contribution in [3.05, 3.63) is 29.8 Å². The molecule has 108 valence electrons. The molecule has 0 saturated carbocycles. The average Bonchev–Trinajstić information content (AvgIpc) is 2.84. The zero-order valence-corrected chi connectivity index (χ0v) is 11.3. The minimum Gasteiger partial charge on any atom is -0.480 e. The molecule has 3 N–H and O–H groups in total. The lowest BCUT2D eigenvalue weighted by Crippen LogP contribution is -2.57. The van der Waals surface area contributed by atoms with E-state index in [9.17, 15) is 9.59 Å². The monoisotopic (exact) mass is 278 g/mol. The molecular formula is C14H18N2O4. The van der Waals surface area contributed by atoms with Gasteiger partial charge >= 0.3 is 5.97 Å². The Hall–Kier alpha value is -1.92. The number of anilines is 1. The van der Waals surface area contributed by atoms with Crippen molar-refractivity contribution in [2.45, 2.75) is 18.9 Å². The lowest BCUT2D eigenvalue weighted by atomic mass is 9.98. The number of nitrogens with two attached hydrogens (primary N) is 1. The van der Waals surface area contributed by atoms with E-state index in [1.54, 1.807) is 12.1 Å². The molecule has 1 unspecified atom stereocenters. The zero-order chi connectivity index (χ0) is 14.8. The van der Waals surface area contributed by atoms with Gasteiger partial charge in [0.05, 0.1) is 6.61 Å². The highest BCUT2D eigenvalue weighted by Crippen LogP contribution is 2.23. The smallest absolute Gasteiger partial charge is 0.323 e. The van der Waals surface area contributed by atoms with Gasteiger partial charge in [-0.3, -0.25) is 14.5 Å². The van der Waals surface area contributed by atoms with E-state index in [2.05, 4.69) is 0 Å². The molecule has 6 nitrogen and oxygen atoms in total. The Labute approximate surface area is 117 Å². The van der Waals surface area contributed by atoms with Crippen molar-refractivity contribution < 1.29 is 19.4 Å². The summed E-state index contributed by atoms with van der Waals surface area (Å²) in [4.78, 5) is 24.8. The lowest BCUT2D eigenvalue weighted by molar-refractivity contribution is -0.137. The van der Waals surface area contributed by atoms with E-state index < -0.39 is 24.0 Å². The van der Waals surface area contributed by atoms with Crippen LogP contribution in [0.5, 0.6) is 0 Å². The number of aryl methyl sites for hydroxylation is 1. The molecule has 0 aliphatic carbocycles. The molecule has 2 rings (SSSR count). The van der Waals surface area contributed by atoms with E-state index in [1.165, 1.54) is 4.90 Å². The van der Waals surface area contributed by atoms with E-state index >= 15 is 0 Å². The molecule has 1 saturated heterocycles. The Bertz CT molecular complexity index is 506. The number of carbonyl (C=O) groups is 2. The van der Waals surface area contributed by atoms with Gasteiger partial charge in [0, 0.05) is 12.3 Å². The van der Waals surface area contributed by atoms with Gasteiger partial charge in [0.15, 0.2) is 0 Å². The van der Waals surface area contributed by atoms with Crippen LogP contribution in [0, 0.1) is 6.92 Å². The van der Waals surface area contributed by atoms with Gasteiger partial charge in [-0.05, 0) is 25.5 Å². The first-order chi connectivity index (χ1) is 9.42. The van der Waals surface area contributed by atoms with E-state index in [1.807, 2.05) is 19.1 Å². The van der Waals surface area contributed by atoms with E-state index in [-0.39, 0.29) is 6.61 Å². The quantitative estimate of drug-likeness (QED) is 0.838. The summed E-state index contributed by atoms with van der Waals surface area (Å²) in [7, 11) is 0. The van der Waals surface area contributed by atoms with Gasteiger partial charge in [-0.2, -0.15) is 0 Å². The average molecular weight is 278 g/mol. The number of rotatable bonds is 4. The fourth-order valence-corrected chi connectivity index (χ4v) is 2.16. The van der Waals surface area contributed by atoms with Crippen molar-refractivity contribution in [1.82, 2.24) is 0 Å². The SMILES string of the molecule is Cc1ccc(N(CC(=O)O)C(=O)C2(N)CCOC2)cc1. The van der Waals surface area contributed by atoms with Crippen LogP contribution in [-0.2, 0) is 14.3 Å². The zero-order valence-electron chi connectivity index (χ0n) is 11.3. The standard InChI is InChI=1S/C14H18N2O4/c1-10-2-4-11(5-3-10)16(8-12(17)18)13(19)14(15)6-7-20-9-14/h2-5H,6-9,15H2,1H3,(H,17,18). The summed E-state index contributed by atoms with van der Waals surface area (Å²) in [5.41, 5.74) is 6.46. The first-order valence-corrected chi connectivity index (χ1v) is 6.39. The summed E-state index contributed by atoms with van der Waals surface area (Å²) in [6.45, 7) is 2.04. The normalized spacial score (nSPS) is 21.7. The predicted molar refractivity (Wildman–Crippen MR) is 73.5 cm³/mol. The number of carboxylic acids is 1. The van der Waals surface area contributed by atoms with Crippen LogP contribution in [0.3, 0.4) is 0 Å². The van der Waals surface area contributed by atoms with Crippen molar-refractivity contribution in [2.24, 2.45) is 5.73 Å². The maximum atomic E-state index is 12.5. The molecule has 1 aliphatic heterocycles. The van der Waals surface area contributed by atoms with Crippen LogP contribution in [0.25, 0.3) is 0 Å². The topological polar surface area (TPSA) is 92.9 Å². The van der Waals surface area contributed by atoms with Gasteiger partial charge in [0.25, 0.3) is 0 Å². The number of aliphatic carboxylic acids is 1. The van der Waals surface area contributed by atoms with Crippen molar-refractivity contribution in [3.8, 4) is 0 Å². The molecule has 0 aromatic heterocycles. The van der Waals surface area contributed by atoms with Crippen molar-refractivity contribution in [2.75, 3.05) is 24.7 Å². The number of ether oxygens (including phenoxy) is 1.